The highest BCUT2D eigenvalue weighted by Crippen LogP contribution is 2.14. The monoisotopic (exact) mass is 303 g/mol. The van der Waals surface area contributed by atoms with Crippen LogP contribution in [0.4, 0.5) is 0 Å². The van der Waals surface area contributed by atoms with Crippen molar-refractivity contribution in [2.45, 2.75) is 13.8 Å². The van der Waals surface area contributed by atoms with Gasteiger partial charge < -0.3 is 10.2 Å². The zero-order valence-electron chi connectivity index (χ0n) is 10.7. The summed E-state index contributed by atoms with van der Waals surface area (Å²) in [6.45, 7) is 4.92. The van der Waals surface area contributed by atoms with Gasteiger partial charge in [-0.3, -0.25) is 9.59 Å². The van der Waals surface area contributed by atoms with E-state index in [9.17, 15) is 9.59 Å². The third-order valence-electron chi connectivity index (χ3n) is 2.54. The number of carbonyl (C=O) groups is 2. The molecule has 0 aliphatic carbocycles. The molecule has 0 bridgehead atoms. The second-order valence-corrected chi connectivity index (χ2v) is 4.52. The zero-order valence-corrected chi connectivity index (χ0v) is 12.3. The number of pyridine rings is 1. The number of amides is 2. The highest BCUT2D eigenvalue weighted by Gasteiger charge is 2.13. The summed E-state index contributed by atoms with van der Waals surface area (Å²) in [5.74, 6) is -0.545. The van der Waals surface area contributed by atoms with Crippen molar-refractivity contribution in [3.05, 3.63) is 28.0 Å². The first-order valence-corrected chi connectivity index (χ1v) is 6.62. The number of likely N-dealkylation sites (N-methyl/N-ethyl adjacent to an activating group) is 1. The highest BCUT2D eigenvalue weighted by molar-refractivity contribution is 6.33. The molecule has 7 heteroatoms. The molecule has 0 saturated heterocycles. The molecule has 0 spiro atoms. The molecule has 0 aliphatic heterocycles. The fourth-order valence-corrected chi connectivity index (χ4v) is 2.00. The van der Waals surface area contributed by atoms with Crippen molar-refractivity contribution < 1.29 is 9.59 Å². The lowest BCUT2D eigenvalue weighted by molar-refractivity contribution is -0.129. The largest absolute Gasteiger partial charge is 0.343 e. The third kappa shape index (κ3) is 4.69. The van der Waals surface area contributed by atoms with Gasteiger partial charge in [-0.05, 0) is 26.0 Å². The smallest absolute Gasteiger partial charge is 0.251 e. The minimum Gasteiger partial charge on any atom is -0.343 e. The number of rotatable bonds is 5. The third-order valence-corrected chi connectivity index (χ3v) is 2.93. The molecular weight excluding hydrogens is 289 g/mol. The number of hydrogen-bond acceptors (Lipinski definition) is 3. The Hall–Kier alpha value is -1.33. The van der Waals surface area contributed by atoms with Gasteiger partial charge in [0.1, 0.15) is 10.3 Å². The van der Waals surface area contributed by atoms with Crippen molar-refractivity contribution in [2.75, 3.05) is 19.6 Å². The maximum absolute atomic E-state index is 11.8. The Balaban J connectivity index is 2.63. The van der Waals surface area contributed by atoms with Gasteiger partial charge in [-0.15, -0.1) is 0 Å². The Morgan fingerprint density at radius 1 is 1.21 bits per heavy atom. The maximum Gasteiger partial charge on any atom is 0.251 e. The van der Waals surface area contributed by atoms with Gasteiger partial charge in [-0.1, -0.05) is 23.2 Å². The Kier molecular flexibility index (Phi) is 6.05. The molecule has 0 saturated carbocycles. The van der Waals surface area contributed by atoms with Crippen molar-refractivity contribution in [2.24, 2.45) is 0 Å². The fraction of sp³-hybridized carbons (Fsp3) is 0.417. The Morgan fingerprint density at radius 2 is 1.74 bits per heavy atom. The summed E-state index contributed by atoms with van der Waals surface area (Å²) in [6.07, 6.45) is 0. The number of nitrogens with one attached hydrogen (secondary N) is 1. The molecule has 0 unspecified atom stereocenters. The SMILES string of the molecule is CCN(CC)C(=O)CNC(=O)c1cc(Cl)nc(Cl)c1. The van der Waals surface area contributed by atoms with Crippen molar-refractivity contribution in [3.8, 4) is 0 Å². The first kappa shape index (κ1) is 15.7. The van der Waals surface area contributed by atoms with Crippen LogP contribution in [0.15, 0.2) is 12.1 Å². The standard InChI is InChI=1S/C12H15Cl2N3O2/c1-3-17(4-2)11(18)7-15-12(19)8-5-9(13)16-10(14)6-8/h5-6H,3-4,7H2,1-2H3,(H,15,19). The molecule has 1 rings (SSSR count). The van der Waals surface area contributed by atoms with E-state index in [0.29, 0.717) is 13.1 Å². The lowest BCUT2D eigenvalue weighted by Crippen LogP contribution is -2.40. The van der Waals surface area contributed by atoms with Crippen LogP contribution in [0.1, 0.15) is 24.2 Å². The molecule has 0 aliphatic rings. The van der Waals surface area contributed by atoms with E-state index >= 15 is 0 Å². The van der Waals surface area contributed by atoms with E-state index < -0.39 is 5.91 Å². The Morgan fingerprint density at radius 3 is 2.21 bits per heavy atom. The van der Waals surface area contributed by atoms with E-state index in [1.807, 2.05) is 13.8 Å². The van der Waals surface area contributed by atoms with Crippen LogP contribution in [0.25, 0.3) is 0 Å². The predicted octanol–water partition coefficient (Wildman–Crippen LogP) is 1.99. The summed E-state index contributed by atoms with van der Waals surface area (Å²) in [5.41, 5.74) is 0.275. The van der Waals surface area contributed by atoms with Crippen molar-refractivity contribution >= 4 is 35.0 Å². The van der Waals surface area contributed by atoms with Gasteiger partial charge in [0.2, 0.25) is 5.91 Å². The lowest BCUT2D eigenvalue weighted by atomic mass is 10.2. The summed E-state index contributed by atoms with van der Waals surface area (Å²) in [4.78, 5) is 28.9. The van der Waals surface area contributed by atoms with E-state index in [-0.39, 0.29) is 28.3 Å². The first-order chi connectivity index (χ1) is 8.97. The number of aromatic nitrogens is 1. The van der Waals surface area contributed by atoms with Gasteiger partial charge in [0, 0.05) is 18.7 Å². The van der Waals surface area contributed by atoms with E-state index in [0.717, 1.165) is 0 Å². The van der Waals surface area contributed by atoms with E-state index in [2.05, 4.69) is 10.3 Å². The topological polar surface area (TPSA) is 62.3 Å². The van der Waals surface area contributed by atoms with Crippen LogP contribution in [-0.4, -0.2) is 41.3 Å². The molecule has 104 valence electrons. The lowest BCUT2D eigenvalue weighted by Gasteiger charge is -2.18. The Labute approximate surface area is 121 Å². The zero-order chi connectivity index (χ0) is 14.4. The first-order valence-electron chi connectivity index (χ1n) is 5.87. The second-order valence-electron chi connectivity index (χ2n) is 3.75. The van der Waals surface area contributed by atoms with Gasteiger partial charge in [0.15, 0.2) is 0 Å². The van der Waals surface area contributed by atoms with E-state index in [1.165, 1.54) is 12.1 Å². The molecule has 0 fully saturated rings. The van der Waals surface area contributed by atoms with Gasteiger partial charge in [0.05, 0.1) is 6.54 Å². The molecule has 1 N–H and O–H groups in total. The maximum atomic E-state index is 11.8. The summed E-state index contributed by atoms with van der Waals surface area (Å²) >= 11 is 11.4. The minimum atomic E-state index is -0.410. The molecule has 5 nitrogen and oxygen atoms in total. The molecular formula is C12H15Cl2N3O2. The number of hydrogen-bond donors (Lipinski definition) is 1. The second kappa shape index (κ2) is 7.31. The van der Waals surface area contributed by atoms with Crippen LogP contribution in [0.2, 0.25) is 10.3 Å². The van der Waals surface area contributed by atoms with Crippen molar-refractivity contribution in [1.29, 1.82) is 0 Å². The average Bonchev–Trinajstić information content (AvgIpc) is 2.36. The van der Waals surface area contributed by atoms with Crippen LogP contribution in [0.3, 0.4) is 0 Å². The molecule has 1 aromatic rings. The summed E-state index contributed by atoms with van der Waals surface area (Å²) in [6, 6.07) is 2.79. The predicted molar refractivity (Wildman–Crippen MR) is 74.5 cm³/mol. The minimum absolute atomic E-state index is 0.0575. The Bertz CT molecular complexity index is 456. The molecule has 0 atom stereocenters. The van der Waals surface area contributed by atoms with Crippen LogP contribution < -0.4 is 5.32 Å². The average molecular weight is 304 g/mol. The molecule has 19 heavy (non-hydrogen) atoms. The molecule has 2 amide bonds. The number of carbonyl (C=O) groups excluding carboxylic acids is 2. The number of nitrogens with zero attached hydrogens (tertiary/aromatic N) is 2. The van der Waals surface area contributed by atoms with Crippen molar-refractivity contribution in [3.63, 3.8) is 0 Å². The van der Waals surface area contributed by atoms with Crippen LogP contribution >= 0.6 is 23.2 Å². The van der Waals surface area contributed by atoms with Gasteiger partial charge >= 0.3 is 0 Å². The molecule has 1 heterocycles. The molecule has 0 aromatic carbocycles. The van der Waals surface area contributed by atoms with Gasteiger partial charge in [-0.2, -0.15) is 0 Å². The molecule has 1 aromatic heterocycles. The quantitative estimate of drug-likeness (QED) is 0.846. The highest BCUT2D eigenvalue weighted by atomic mass is 35.5. The van der Waals surface area contributed by atoms with Crippen molar-refractivity contribution in [1.82, 2.24) is 15.2 Å². The van der Waals surface area contributed by atoms with Gasteiger partial charge in [-0.25, -0.2) is 4.98 Å². The fourth-order valence-electron chi connectivity index (χ4n) is 1.54. The normalized spacial score (nSPS) is 10.1. The summed E-state index contributed by atoms with van der Waals surface area (Å²) in [5, 5.41) is 2.79. The summed E-state index contributed by atoms with van der Waals surface area (Å²) in [7, 11) is 0. The van der Waals surface area contributed by atoms with Crippen LogP contribution in [0, 0.1) is 0 Å². The molecule has 0 radical (unpaired) electrons. The van der Waals surface area contributed by atoms with E-state index in [4.69, 9.17) is 23.2 Å². The van der Waals surface area contributed by atoms with Gasteiger partial charge in [0.25, 0.3) is 5.91 Å². The van der Waals surface area contributed by atoms with Crippen LogP contribution in [-0.2, 0) is 4.79 Å². The van der Waals surface area contributed by atoms with Crippen LogP contribution in [0.5, 0.6) is 0 Å². The van der Waals surface area contributed by atoms with E-state index in [1.54, 1.807) is 4.90 Å². The summed E-state index contributed by atoms with van der Waals surface area (Å²) < 4.78 is 0. The number of halogens is 2.